The van der Waals surface area contributed by atoms with Crippen molar-refractivity contribution in [3.05, 3.63) is 58.4 Å². The first-order chi connectivity index (χ1) is 15.0. The summed E-state index contributed by atoms with van der Waals surface area (Å²) < 4.78 is 1.89. The number of carbonyl (C=O) groups excluding carboxylic acids is 1. The second-order valence-corrected chi connectivity index (χ2v) is 9.14. The number of rotatable bonds is 3. The molecule has 2 aliphatic heterocycles. The van der Waals surface area contributed by atoms with Crippen LogP contribution in [0.2, 0.25) is 0 Å². The lowest BCUT2D eigenvalue weighted by atomic mass is 9.97. The summed E-state index contributed by atoms with van der Waals surface area (Å²) in [5.41, 5.74) is 5.98. The number of anilines is 1. The molecule has 2 aromatic heterocycles. The summed E-state index contributed by atoms with van der Waals surface area (Å²) in [6, 6.07) is 8.16. The van der Waals surface area contributed by atoms with Gasteiger partial charge in [0, 0.05) is 43.0 Å². The number of nitrogens with zero attached hydrogens (tertiary/aromatic N) is 5. The Bertz CT molecular complexity index is 1130. The Labute approximate surface area is 183 Å². The molecule has 0 saturated carbocycles. The molecule has 0 N–H and O–H groups in total. The van der Waals surface area contributed by atoms with E-state index in [0.29, 0.717) is 0 Å². The lowest BCUT2D eigenvalue weighted by Gasteiger charge is -2.35. The minimum absolute atomic E-state index is 0.000745. The van der Waals surface area contributed by atoms with E-state index >= 15 is 0 Å². The topological polar surface area (TPSA) is 53.7 Å². The zero-order chi connectivity index (χ0) is 21.5. The molecule has 2 fully saturated rings. The highest BCUT2D eigenvalue weighted by Gasteiger charge is 2.31. The molecule has 1 amide bonds. The summed E-state index contributed by atoms with van der Waals surface area (Å²) in [5.74, 6) is 1.18. The van der Waals surface area contributed by atoms with Gasteiger partial charge in [-0.15, -0.1) is 0 Å². The number of amides is 1. The number of fused-ring (bicyclic) bond motifs is 1. The van der Waals surface area contributed by atoms with Crippen LogP contribution in [-0.2, 0) is 0 Å². The van der Waals surface area contributed by atoms with Crippen LogP contribution in [0, 0.1) is 20.8 Å². The van der Waals surface area contributed by atoms with Crippen molar-refractivity contribution < 1.29 is 4.79 Å². The number of aromatic nitrogens is 3. The number of aryl methyl sites for hydroxylation is 3. The lowest BCUT2D eigenvalue weighted by molar-refractivity contribution is 0.0605. The highest BCUT2D eigenvalue weighted by atomic mass is 16.2. The molecule has 31 heavy (non-hydrogen) atoms. The predicted molar refractivity (Wildman–Crippen MR) is 123 cm³/mol. The number of benzene rings is 1. The average molecular weight is 418 g/mol. The monoisotopic (exact) mass is 417 g/mol. The van der Waals surface area contributed by atoms with Gasteiger partial charge in [0.05, 0.1) is 11.7 Å². The van der Waals surface area contributed by atoms with Crippen molar-refractivity contribution in [2.24, 2.45) is 0 Å². The maximum Gasteiger partial charge on any atom is 0.254 e. The van der Waals surface area contributed by atoms with Gasteiger partial charge < -0.3 is 9.80 Å². The fraction of sp³-hybridized carbons (Fsp3) is 0.480. The molecule has 6 heteroatoms. The van der Waals surface area contributed by atoms with Crippen molar-refractivity contribution in [1.29, 1.82) is 0 Å². The number of carbonyl (C=O) groups is 1. The van der Waals surface area contributed by atoms with Gasteiger partial charge in [-0.2, -0.15) is 5.10 Å². The van der Waals surface area contributed by atoms with Gasteiger partial charge in [0.15, 0.2) is 5.65 Å². The van der Waals surface area contributed by atoms with E-state index in [-0.39, 0.29) is 11.9 Å². The van der Waals surface area contributed by atoms with Gasteiger partial charge in [-0.25, -0.2) is 9.50 Å². The second kappa shape index (κ2) is 7.98. The molecule has 2 aliphatic rings. The van der Waals surface area contributed by atoms with Crippen LogP contribution in [0.1, 0.15) is 70.9 Å². The Morgan fingerprint density at radius 2 is 1.74 bits per heavy atom. The Morgan fingerprint density at radius 1 is 0.968 bits per heavy atom. The molecule has 3 aromatic rings. The van der Waals surface area contributed by atoms with Gasteiger partial charge in [0.2, 0.25) is 0 Å². The quantitative estimate of drug-likeness (QED) is 0.624. The molecule has 2 saturated heterocycles. The molecule has 6 nitrogen and oxygen atoms in total. The summed E-state index contributed by atoms with van der Waals surface area (Å²) in [6.45, 7) is 9.12. The van der Waals surface area contributed by atoms with E-state index in [1.807, 2.05) is 28.5 Å². The van der Waals surface area contributed by atoms with E-state index in [1.165, 1.54) is 18.4 Å². The van der Waals surface area contributed by atoms with Crippen LogP contribution in [0.25, 0.3) is 5.65 Å². The molecule has 162 valence electrons. The highest BCUT2D eigenvalue weighted by molar-refractivity contribution is 5.96. The van der Waals surface area contributed by atoms with Gasteiger partial charge in [-0.1, -0.05) is 17.7 Å². The number of likely N-dealkylation sites (tertiary alicyclic amines) is 1. The van der Waals surface area contributed by atoms with Crippen LogP contribution in [0.15, 0.2) is 30.5 Å². The van der Waals surface area contributed by atoms with Gasteiger partial charge in [-0.3, -0.25) is 4.79 Å². The molecule has 1 unspecified atom stereocenters. The van der Waals surface area contributed by atoms with E-state index in [9.17, 15) is 4.79 Å². The first kappa shape index (κ1) is 20.0. The SMILES string of the molecule is Cc1ccc(C(=O)N2CCCCC2c2cc3nc(N4CCCC4)c(C)cn3n2)c(C)c1. The van der Waals surface area contributed by atoms with E-state index in [0.717, 1.165) is 72.7 Å². The van der Waals surface area contributed by atoms with Gasteiger partial charge in [0.1, 0.15) is 5.82 Å². The normalized spacial score (nSPS) is 19.4. The van der Waals surface area contributed by atoms with Crippen LogP contribution in [0.3, 0.4) is 0 Å². The summed E-state index contributed by atoms with van der Waals surface area (Å²) in [6.07, 6.45) is 7.64. The smallest absolute Gasteiger partial charge is 0.254 e. The van der Waals surface area contributed by atoms with E-state index in [2.05, 4.69) is 37.1 Å². The molecule has 5 rings (SSSR count). The van der Waals surface area contributed by atoms with Crippen LogP contribution < -0.4 is 4.90 Å². The maximum atomic E-state index is 13.5. The molecule has 0 bridgehead atoms. The van der Waals surface area contributed by atoms with Gasteiger partial charge in [0.25, 0.3) is 5.91 Å². The van der Waals surface area contributed by atoms with Crippen molar-refractivity contribution in [2.75, 3.05) is 24.5 Å². The fourth-order valence-corrected chi connectivity index (χ4v) is 5.12. The molecule has 1 aromatic carbocycles. The fourth-order valence-electron chi connectivity index (χ4n) is 5.12. The Kier molecular flexibility index (Phi) is 5.16. The maximum absolute atomic E-state index is 13.5. The Balaban J connectivity index is 1.49. The molecule has 0 aliphatic carbocycles. The number of hydrogen-bond donors (Lipinski definition) is 0. The van der Waals surface area contributed by atoms with E-state index in [4.69, 9.17) is 10.1 Å². The predicted octanol–water partition coefficient (Wildman–Crippen LogP) is 4.62. The van der Waals surface area contributed by atoms with Crippen LogP contribution >= 0.6 is 0 Å². The third-order valence-corrected chi connectivity index (χ3v) is 6.75. The molecule has 0 radical (unpaired) electrons. The molecular weight excluding hydrogens is 386 g/mol. The minimum Gasteiger partial charge on any atom is -0.356 e. The molecular formula is C25H31N5O. The number of piperidine rings is 1. The van der Waals surface area contributed by atoms with Crippen molar-refractivity contribution in [1.82, 2.24) is 19.5 Å². The summed E-state index contributed by atoms with van der Waals surface area (Å²) >= 11 is 0. The third kappa shape index (κ3) is 3.68. The lowest BCUT2D eigenvalue weighted by Crippen LogP contribution is -2.39. The van der Waals surface area contributed by atoms with Crippen molar-refractivity contribution in [3.8, 4) is 0 Å². The molecule has 4 heterocycles. The zero-order valence-electron chi connectivity index (χ0n) is 18.8. The Morgan fingerprint density at radius 3 is 2.52 bits per heavy atom. The summed E-state index contributed by atoms with van der Waals surface area (Å²) in [4.78, 5) is 22.8. The van der Waals surface area contributed by atoms with E-state index < -0.39 is 0 Å². The average Bonchev–Trinajstić information content (AvgIpc) is 3.42. The minimum atomic E-state index is -0.000745. The van der Waals surface area contributed by atoms with Crippen molar-refractivity contribution in [2.45, 2.75) is 58.9 Å². The van der Waals surface area contributed by atoms with Crippen molar-refractivity contribution in [3.63, 3.8) is 0 Å². The second-order valence-electron chi connectivity index (χ2n) is 9.14. The van der Waals surface area contributed by atoms with Crippen LogP contribution in [0.4, 0.5) is 5.82 Å². The Hall–Kier alpha value is -2.89. The zero-order valence-corrected chi connectivity index (χ0v) is 18.8. The first-order valence-electron chi connectivity index (χ1n) is 11.5. The standard InChI is InChI=1S/C25H31N5O/c1-17-9-10-20(18(2)14-17)25(31)29-13-5-4-8-22(29)21-15-23-26-24(28-11-6-7-12-28)19(3)16-30(23)27-21/h9-10,14-16,22H,4-8,11-13H2,1-3H3. The highest BCUT2D eigenvalue weighted by Crippen LogP contribution is 2.33. The summed E-state index contributed by atoms with van der Waals surface area (Å²) in [5, 5.41) is 4.87. The van der Waals surface area contributed by atoms with Crippen LogP contribution in [-0.4, -0.2) is 45.0 Å². The van der Waals surface area contributed by atoms with Gasteiger partial charge in [-0.05, 0) is 64.5 Å². The summed E-state index contributed by atoms with van der Waals surface area (Å²) in [7, 11) is 0. The van der Waals surface area contributed by atoms with Crippen LogP contribution in [0.5, 0.6) is 0 Å². The molecule has 1 atom stereocenters. The third-order valence-electron chi connectivity index (χ3n) is 6.75. The largest absolute Gasteiger partial charge is 0.356 e. The number of hydrogen-bond acceptors (Lipinski definition) is 4. The van der Waals surface area contributed by atoms with Crippen molar-refractivity contribution >= 4 is 17.4 Å². The molecule has 0 spiro atoms. The first-order valence-corrected chi connectivity index (χ1v) is 11.5. The van der Waals surface area contributed by atoms with E-state index in [1.54, 1.807) is 0 Å². The van der Waals surface area contributed by atoms with Gasteiger partial charge >= 0.3 is 0 Å².